The van der Waals surface area contributed by atoms with Crippen LogP contribution in [0, 0.1) is 5.92 Å². The Morgan fingerprint density at radius 1 is 1.10 bits per heavy atom. The Morgan fingerprint density at radius 2 is 1.90 bits per heavy atom. The summed E-state index contributed by atoms with van der Waals surface area (Å²) in [5.41, 5.74) is 1.54. The molecule has 0 aliphatic carbocycles. The third kappa shape index (κ3) is 4.03. The molecule has 112 valence electrons. The van der Waals surface area contributed by atoms with E-state index in [4.69, 9.17) is 0 Å². The van der Waals surface area contributed by atoms with Gasteiger partial charge in [0, 0.05) is 0 Å². The van der Waals surface area contributed by atoms with Gasteiger partial charge in [0.25, 0.3) is 0 Å². The molecule has 1 aliphatic rings. The zero-order chi connectivity index (χ0) is 15.2. The van der Waals surface area contributed by atoms with Gasteiger partial charge in [-0.1, -0.05) is 57.4 Å². The van der Waals surface area contributed by atoms with Crippen molar-refractivity contribution in [1.29, 1.82) is 0 Å². The van der Waals surface area contributed by atoms with Gasteiger partial charge in [-0.25, -0.2) is 9.59 Å². The van der Waals surface area contributed by atoms with Crippen LogP contribution in [-0.2, 0) is 4.74 Å². The molecule has 3 heteroatoms. The molecule has 1 aliphatic heterocycles. The van der Waals surface area contributed by atoms with Crippen LogP contribution in [-0.4, -0.2) is 11.9 Å². The van der Waals surface area contributed by atoms with E-state index in [0.29, 0.717) is 11.1 Å². The van der Waals surface area contributed by atoms with E-state index in [1.807, 2.05) is 12.1 Å². The molecule has 0 aromatic heterocycles. The number of hydrogen-bond acceptors (Lipinski definition) is 3. The summed E-state index contributed by atoms with van der Waals surface area (Å²) in [5, 5.41) is 0. The van der Waals surface area contributed by atoms with E-state index in [2.05, 4.69) is 24.7 Å². The van der Waals surface area contributed by atoms with Crippen molar-refractivity contribution in [3.8, 4) is 0 Å². The normalized spacial score (nSPS) is 14.0. The van der Waals surface area contributed by atoms with E-state index in [1.54, 1.807) is 12.1 Å². The molecule has 0 atom stereocenters. The zero-order valence-electron chi connectivity index (χ0n) is 12.7. The Hall–Kier alpha value is -1.90. The second-order valence-electron chi connectivity index (χ2n) is 5.88. The zero-order valence-corrected chi connectivity index (χ0v) is 12.7. The third-order valence-corrected chi connectivity index (χ3v) is 3.66. The highest BCUT2D eigenvalue weighted by Gasteiger charge is 2.31. The molecule has 2 rings (SSSR count). The number of ether oxygens (including phenoxy) is 1. The Bertz CT molecular complexity index is 556. The van der Waals surface area contributed by atoms with E-state index in [9.17, 15) is 9.59 Å². The van der Waals surface area contributed by atoms with Crippen LogP contribution in [0.25, 0.3) is 6.08 Å². The number of carbonyl (C=O) groups excluding carboxylic acids is 2. The van der Waals surface area contributed by atoms with Gasteiger partial charge in [-0.2, -0.15) is 0 Å². The van der Waals surface area contributed by atoms with Gasteiger partial charge in [-0.15, -0.1) is 0 Å². The third-order valence-electron chi connectivity index (χ3n) is 3.66. The highest BCUT2D eigenvalue weighted by Crippen LogP contribution is 2.24. The van der Waals surface area contributed by atoms with Gasteiger partial charge in [0.15, 0.2) is 0 Å². The van der Waals surface area contributed by atoms with Gasteiger partial charge in [-0.3, -0.25) is 0 Å². The maximum absolute atomic E-state index is 11.7. The van der Waals surface area contributed by atoms with Crippen molar-refractivity contribution in [2.45, 2.75) is 46.0 Å². The molecule has 0 saturated heterocycles. The average Bonchev–Trinajstić information content (AvgIpc) is 2.73. The highest BCUT2D eigenvalue weighted by molar-refractivity contribution is 6.16. The summed E-state index contributed by atoms with van der Waals surface area (Å²) in [6.07, 6.45) is 9.92. The van der Waals surface area contributed by atoms with Crippen LogP contribution in [0.15, 0.2) is 24.3 Å². The number of benzene rings is 1. The Balaban J connectivity index is 1.88. The molecule has 0 bridgehead atoms. The fourth-order valence-electron chi connectivity index (χ4n) is 2.50. The number of carbonyl (C=O) groups is 2. The average molecular weight is 286 g/mol. The lowest BCUT2D eigenvalue weighted by atomic mass is 10.0. The van der Waals surface area contributed by atoms with E-state index >= 15 is 0 Å². The standard InChI is InChI=1S/C18H22O3/c1-13(2)9-6-4-3-5-7-10-14-11-8-12-15-16(14)18(20)21-17(15)19/h7-8,10-13H,3-6,9H2,1-2H3. The van der Waals surface area contributed by atoms with Crippen LogP contribution in [0.5, 0.6) is 0 Å². The van der Waals surface area contributed by atoms with Crippen LogP contribution in [0.1, 0.15) is 72.2 Å². The molecule has 0 radical (unpaired) electrons. The molecule has 0 fully saturated rings. The minimum Gasteiger partial charge on any atom is -0.386 e. The largest absolute Gasteiger partial charge is 0.386 e. The Morgan fingerprint density at radius 3 is 2.67 bits per heavy atom. The quantitative estimate of drug-likeness (QED) is 0.417. The summed E-state index contributed by atoms with van der Waals surface area (Å²) >= 11 is 0. The molecule has 0 N–H and O–H groups in total. The molecule has 1 heterocycles. The molecule has 0 spiro atoms. The first-order valence-electron chi connectivity index (χ1n) is 7.65. The molecule has 0 amide bonds. The van der Waals surface area contributed by atoms with Crippen LogP contribution in [0.2, 0.25) is 0 Å². The number of esters is 2. The molecule has 3 nitrogen and oxygen atoms in total. The first-order chi connectivity index (χ1) is 10.1. The van der Waals surface area contributed by atoms with E-state index in [-0.39, 0.29) is 0 Å². The minimum atomic E-state index is -0.543. The number of rotatable bonds is 7. The first-order valence-corrected chi connectivity index (χ1v) is 7.65. The number of fused-ring (bicyclic) bond motifs is 1. The predicted octanol–water partition coefficient (Wildman–Crippen LogP) is 4.62. The summed E-state index contributed by atoms with van der Waals surface area (Å²) in [4.78, 5) is 23.1. The van der Waals surface area contributed by atoms with Crippen molar-refractivity contribution in [2.75, 3.05) is 0 Å². The van der Waals surface area contributed by atoms with Gasteiger partial charge in [0.05, 0.1) is 11.1 Å². The van der Waals surface area contributed by atoms with Crippen molar-refractivity contribution in [2.24, 2.45) is 5.92 Å². The van der Waals surface area contributed by atoms with Crippen molar-refractivity contribution < 1.29 is 14.3 Å². The summed E-state index contributed by atoms with van der Waals surface area (Å²) in [6.45, 7) is 4.49. The van der Waals surface area contributed by atoms with Gasteiger partial charge in [0.2, 0.25) is 0 Å². The lowest BCUT2D eigenvalue weighted by Gasteiger charge is -2.02. The SMILES string of the molecule is CC(C)CCCCCC=Cc1cccc2c1C(=O)OC2=O. The van der Waals surface area contributed by atoms with Gasteiger partial charge < -0.3 is 4.74 Å². The topological polar surface area (TPSA) is 43.4 Å². The van der Waals surface area contributed by atoms with Crippen molar-refractivity contribution in [3.05, 3.63) is 41.0 Å². The number of hydrogen-bond donors (Lipinski definition) is 0. The fraction of sp³-hybridized carbons (Fsp3) is 0.444. The molecule has 0 unspecified atom stereocenters. The summed E-state index contributed by atoms with van der Waals surface area (Å²) in [6, 6.07) is 5.25. The van der Waals surface area contributed by atoms with E-state index in [0.717, 1.165) is 24.3 Å². The molecule has 1 aromatic rings. The van der Waals surface area contributed by atoms with E-state index < -0.39 is 11.9 Å². The minimum absolute atomic E-state index is 0.374. The van der Waals surface area contributed by atoms with Crippen LogP contribution in [0.3, 0.4) is 0 Å². The molecular formula is C18H22O3. The summed E-state index contributed by atoms with van der Waals surface area (Å²) < 4.78 is 4.64. The lowest BCUT2D eigenvalue weighted by Crippen LogP contribution is -1.98. The second kappa shape index (κ2) is 7.21. The van der Waals surface area contributed by atoms with Crippen LogP contribution in [0.4, 0.5) is 0 Å². The van der Waals surface area contributed by atoms with Crippen LogP contribution < -0.4 is 0 Å². The second-order valence-corrected chi connectivity index (χ2v) is 5.88. The smallest absolute Gasteiger partial charge is 0.347 e. The van der Waals surface area contributed by atoms with Gasteiger partial charge >= 0.3 is 11.9 Å². The molecular weight excluding hydrogens is 264 g/mol. The summed E-state index contributed by atoms with van der Waals surface area (Å²) in [5.74, 6) is -0.304. The maximum Gasteiger partial charge on any atom is 0.347 e. The maximum atomic E-state index is 11.7. The molecule has 1 aromatic carbocycles. The van der Waals surface area contributed by atoms with Crippen molar-refractivity contribution in [3.63, 3.8) is 0 Å². The fourth-order valence-corrected chi connectivity index (χ4v) is 2.50. The van der Waals surface area contributed by atoms with Crippen LogP contribution >= 0.6 is 0 Å². The van der Waals surface area contributed by atoms with Gasteiger partial charge in [-0.05, 0) is 30.4 Å². The first kappa shape index (κ1) is 15.5. The van der Waals surface area contributed by atoms with Crippen molar-refractivity contribution in [1.82, 2.24) is 0 Å². The van der Waals surface area contributed by atoms with Gasteiger partial charge in [0.1, 0.15) is 0 Å². The monoisotopic (exact) mass is 286 g/mol. The number of allylic oxidation sites excluding steroid dienone is 1. The number of unbranched alkanes of at least 4 members (excludes halogenated alkanes) is 3. The highest BCUT2D eigenvalue weighted by atomic mass is 16.6. The molecule has 21 heavy (non-hydrogen) atoms. The lowest BCUT2D eigenvalue weighted by molar-refractivity contribution is 0.0444. The Kier molecular flexibility index (Phi) is 5.32. The predicted molar refractivity (Wildman–Crippen MR) is 83.1 cm³/mol. The van der Waals surface area contributed by atoms with Crippen molar-refractivity contribution >= 4 is 18.0 Å². The Labute approximate surface area is 126 Å². The van der Waals surface area contributed by atoms with E-state index in [1.165, 1.54) is 19.3 Å². The summed E-state index contributed by atoms with van der Waals surface area (Å²) in [7, 11) is 0. The number of cyclic esters (lactones) is 2. The molecule has 0 saturated carbocycles.